The number of nitrogens with zero attached hydrogens (tertiary/aromatic N) is 1. The number of hydrogen-bond donors (Lipinski definition) is 2. The maximum atomic E-state index is 13.0. The van der Waals surface area contributed by atoms with E-state index >= 15 is 0 Å². The Morgan fingerprint density at radius 1 is 1.45 bits per heavy atom. The molecule has 0 aromatic rings. The van der Waals surface area contributed by atoms with E-state index < -0.39 is 17.4 Å². The van der Waals surface area contributed by atoms with Gasteiger partial charge in [0.1, 0.15) is 6.04 Å². The number of rotatable bonds is 4. The van der Waals surface area contributed by atoms with Crippen LogP contribution in [-0.2, 0) is 14.3 Å². The molecular weight excluding hydrogens is 280 g/mol. The molecule has 2 saturated heterocycles. The van der Waals surface area contributed by atoms with Gasteiger partial charge in [0.15, 0.2) is 0 Å². The lowest BCUT2D eigenvalue weighted by Crippen LogP contribution is -2.56. The first kappa shape index (κ1) is 15.6. The Hall–Kier alpha value is -0.790. The van der Waals surface area contributed by atoms with Gasteiger partial charge in [-0.1, -0.05) is 0 Å². The van der Waals surface area contributed by atoms with Crippen molar-refractivity contribution in [3.63, 3.8) is 0 Å². The van der Waals surface area contributed by atoms with E-state index in [1.165, 1.54) is 11.8 Å². The fourth-order valence-corrected chi connectivity index (χ4v) is 4.18. The molecular formula is C13H22N2O4S. The summed E-state index contributed by atoms with van der Waals surface area (Å²) < 4.78 is 5.27. The smallest absolute Gasteiger partial charge is 0.327 e. The Bertz CT molecular complexity index is 379. The molecule has 0 aromatic heterocycles. The highest BCUT2D eigenvalue weighted by molar-refractivity contribution is 8.00. The van der Waals surface area contributed by atoms with Gasteiger partial charge in [0.05, 0.1) is 17.4 Å². The number of aliphatic carboxylic acids is 1. The van der Waals surface area contributed by atoms with Gasteiger partial charge in [0.2, 0.25) is 5.91 Å². The first-order valence-corrected chi connectivity index (χ1v) is 7.93. The van der Waals surface area contributed by atoms with Crippen LogP contribution in [0.25, 0.3) is 0 Å². The van der Waals surface area contributed by atoms with Crippen LogP contribution in [0, 0.1) is 5.41 Å². The van der Waals surface area contributed by atoms with E-state index in [-0.39, 0.29) is 11.3 Å². The van der Waals surface area contributed by atoms with Crippen molar-refractivity contribution in [2.75, 3.05) is 32.6 Å². The molecule has 2 N–H and O–H groups in total. The van der Waals surface area contributed by atoms with Crippen molar-refractivity contribution in [3.8, 4) is 0 Å². The van der Waals surface area contributed by atoms with Gasteiger partial charge in [0.25, 0.3) is 0 Å². The van der Waals surface area contributed by atoms with Crippen molar-refractivity contribution in [1.82, 2.24) is 10.2 Å². The summed E-state index contributed by atoms with van der Waals surface area (Å²) in [7, 11) is 1.59. The molecule has 2 unspecified atom stereocenters. The summed E-state index contributed by atoms with van der Waals surface area (Å²) in [6, 6.07) is -0.717. The molecule has 2 fully saturated rings. The highest BCUT2D eigenvalue weighted by atomic mass is 32.2. The number of nitrogens with one attached hydrogen (secondary N) is 1. The molecule has 2 aliphatic heterocycles. The maximum Gasteiger partial charge on any atom is 0.327 e. The largest absolute Gasteiger partial charge is 0.480 e. The first-order chi connectivity index (χ1) is 9.52. The van der Waals surface area contributed by atoms with Crippen LogP contribution in [0.4, 0.5) is 0 Å². The molecule has 0 bridgehead atoms. The Morgan fingerprint density at radius 2 is 2.10 bits per heavy atom. The topological polar surface area (TPSA) is 78.9 Å². The standard InChI is InChI=1S/C13H22N2O4S/c1-9-15(10(7-20-9)11(16)17)12(18)13(8-19-2)3-5-14-6-4-13/h9-10,14H,3-8H2,1-2H3,(H,16,17). The molecule has 6 nitrogen and oxygen atoms in total. The summed E-state index contributed by atoms with van der Waals surface area (Å²) in [6.45, 7) is 3.78. The van der Waals surface area contributed by atoms with Crippen LogP contribution in [0.5, 0.6) is 0 Å². The number of carbonyl (C=O) groups is 2. The van der Waals surface area contributed by atoms with Crippen LogP contribution >= 0.6 is 11.8 Å². The normalized spacial score (nSPS) is 29.4. The van der Waals surface area contributed by atoms with Crippen LogP contribution in [0.2, 0.25) is 0 Å². The zero-order valence-electron chi connectivity index (χ0n) is 11.9. The number of carboxylic acids is 1. The number of thioether (sulfide) groups is 1. The highest BCUT2D eigenvalue weighted by Gasteiger charge is 2.49. The summed E-state index contributed by atoms with van der Waals surface area (Å²) in [4.78, 5) is 25.9. The Kier molecular flexibility index (Phi) is 4.93. The predicted molar refractivity (Wildman–Crippen MR) is 76.6 cm³/mol. The van der Waals surface area contributed by atoms with Crippen LogP contribution in [0.3, 0.4) is 0 Å². The lowest BCUT2D eigenvalue weighted by Gasteiger charge is -2.40. The summed E-state index contributed by atoms with van der Waals surface area (Å²) in [5.41, 5.74) is -0.577. The third-order valence-corrected chi connectivity index (χ3v) is 5.40. The van der Waals surface area contributed by atoms with Gasteiger partial charge in [-0.05, 0) is 32.9 Å². The van der Waals surface area contributed by atoms with E-state index in [2.05, 4.69) is 5.32 Å². The van der Waals surface area contributed by atoms with E-state index in [0.29, 0.717) is 25.2 Å². The zero-order chi connectivity index (χ0) is 14.8. The van der Waals surface area contributed by atoms with Crippen LogP contribution < -0.4 is 5.32 Å². The van der Waals surface area contributed by atoms with E-state index in [4.69, 9.17) is 4.74 Å². The van der Waals surface area contributed by atoms with E-state index in [1.807, 2.05) is 6.92 Å². The summed E-state index contributed by atoms with van der Waals surface area (Å²) in [5, 5.41) is 12.5. The fourth-order valence-electron chi connectivity index (χ4n) is 3.02. The van der Waals surface area contributed by atoms with Gasteiger partial charge in [-0.3, -0.25) is 4.79 Å². The van der Waals surface area contributed by atoms with Crippen molar-refractivity contribution in [2.45, 2.75) is 31.2 Å². The van der Waals surface area contributed by atoms with Gasteiger partial charge in [-0.2, -0.15) is 0 Å². The predicted octanol–water partition coefficient (Wildman–Crippen LogP) is 0.377. The quantitative estimate of drug-likeness (QED) is 0.781. The zero-order valence-corrected chi connectivity index (χ0v) is 12.7. The molecule has 1 amide bonds. The van der Waals surface area contributed by atoms with Gasteiger partial charge in [-0.15, -0.1) is 11.8 Å². The number of methoxy groups -OCH3 is 1. The Balaban J connectivity index is 2.23. The molecule has 0 aliphatic carbocycles. The summed E-state index contributed by atoms with van der Waals surface area (Å²) >= 11 is 1.52. The molecule has 2 rings (SSSR count). The van der Waals surface area contributed by atoms with Gasteiger partial charge in [0, 0.05) is 12.9 Å². The van der Waals surface area contributed by atoms with Crippen molar-refractivity contribution in [3.05, 3.63) is 0 Å². The molecule has 2 heterocycles. The number of hydrogen-bond acceptors (Lipinski definition) is 5. The number of ether oxygens (including phenoxy) is 1. The van der Waals surface area contributed by atoms with Crippen molar-refractivity contribution >= 4 is 23.6 Å². The molecule has 0 saturated carbocycles. The Labute approximate surface area is 123 Å². The minimum absolute atomic E-state index is 0.0641. The van der Waals surface area contributed by atoms with Crippen molar-refractivity contribution in [2.24, 2.45) is 5.41 Å². The monoisotopic (exact) mass is 302 g/mol. The molecule has 0 radical (unpaired) electrons. The van der Waals surface area contributed by atoms with E-state index in [0.717, 1.165) is 13.1 Å². The van der Waals surface area contributed by atoms with Crippen LogP contribution in [-0.4, -0.2) is 65.9 Å². The SMILES string of the molecule is COCC1(C(=O)N2C(C)SCC2C(=O)O)CCNCC1. The lowest BCUT2D eigenvalue weighted by atomic mass is 9.78. The Morgan fingerprint density at radius 3 is 2.65 bits per heavy atom. The van der Waals surface area contributed by atoms with Gasteiger partial charge >= 0.3 is 5.97 Å². The second-order valence-electron chi connectivity index (χ2n) is 5.46. The van der Waals surface area contributed by atoms with Crippen LogP contribution in [0.1, 0.15) is 19.8 Å². The molecule has 0 spiro atoms. The number of piperidine rings is 1. The minimum Gasteiger partial charge on any atom is -0.480 e. The van der Waals surface area contributed by atoms with Gasteiger partial charge in [-0.25, -0.2) is 4.79 Å². The third-order valence-electron chi connectivity index (χ3n) is 4.18. The molecule has 2 aliphatic rings. The molecule has 7 heteroatoms. The minimum atomic E-state index is -0.920. The number of amides is 1. The fraction of sp³-hybridized carbons (Fsp3) is 0.846. The highest BCUT2D eigenvalue weighted by Crippen LogP contribution is 2.38. The summed E-state index contributed by atoms with van der Waals surface area (Å²) in [6.07, 6.45) is 1.39. The van der Waals surface area contributed by atoms with Crippen molar-refractivity contribution < 1.29 is 19.4 Å². The molecule has 114 valence electrons. The van der Waals surface area contributed by atoms with Crippen LogP contribution in [0.15, 0.2) is 0 Å². The average Bonchev–Trinajstić information content (AvgIpc) is 2.81. The second kappa shape index (κ2) is 6.32. The molecule has 0 aromatic carbocycles. The van der Waals surface area contributed by atoms with Gasteiger partial charge < -0.3 is 20.1 Å². The lowest BCUT2D eigenvalue weighted by molar-refractivity contribution is -0.157. The molecule has 20 heavy (non-hydrogen) atoms. The molecule has 2 atom stereocenters. The maximum absolute atomic E-state index is 13.0. The average molecular weight is 302 g/mol. The van der Waals surface area contributed by atoms with E-state index in [1.54, 1.807) is 12.0 Å². The first-order valence-electron chi connectivity index (χ1n) is 6.89. The van der Waals surface area contributed by atoms with Crippen molar-refractivity contribution in [1.29, 1.82) is 0 Å². The number of carboxylic acid groups (broad SMARTS) is 1. The third kappa shape index (κ3) is 2.80. The number of carbonyl (C=O) groups excluding carboxylic acids is 1. The summed E-state index contributed by atoms with van der Waals surface area (Å²) in [5.74, 6) is -0.522. The second-order valence-corrected chi connectivity index (χ2v) is 6.81. The van der Waals surface area contributed by atoms with E-state index in [9.17, 15) is 14.7 Å².